The van der Waals surface area contributed by atoms with Crippen molar-refractivity contribution in [1.29, 1.82) is 0 Å². The van der Waals surface area contributed by atoms with Gasteiger partial charge in [-0.15, -0.1) is 0 Å². The van der Waals surface area contributed by atoms with Gasteiger partial charge in [0.15, 0.2) is 0 Å². The SMILES string of the molecule is CC1(C)c2ccccc2-c2ccc(C3(c4ccc(-c5ccccc5)cc4)c4ccccc4-c4ccccc43)cc21. The van der Waals surface area contributed by atoms with Gasteiger partial charge in [0.25, 0.3) is 0 Å². The van der Waals surface area contributed by atoms with Gasteiger partial charge >= 0.3 is 0 Å². The molecule has 40 heavy (non-hydrogen) atoms. The van der Waals surface area contributed by atoms with E-state index in [0.717, 1.165) is 0 Å². The summed E-state index contributed by atoms with van der Waals surface area (Å²) in [5, 5.41) is 0. The molecule has 0 N–H and O–H groups in total. The fourth-order valence-corrected chi connectivity index (χ4v) is 7.50. The van der Waals surface area contributed by atoms with Crippen LogP contribution in [0.5, 0.6) is 0 Å². The molecule has 0 unspecified atom stereocenters. The summed E-state index contributed by atoms with van der Waals surface area (Å²) in [4.78, 5) is 0. The molecule has 6 aromatic rings. The van der Waals surface area contributed by atoms with Crippen molar-refractivity contribution in [2.75, 3.05) is 0 Å². The second-order valence-electron chi connectivity index (χ2n) is 11.7. The lowest BCUT2D eigenvalue weighted by Crippen LogP contribution is -2.29. The number of fused-ring (bicyclic) bond motifs is 6. The van der Waals surface area contributed by atoms with Gasteiger partial charge in [0.05, 0.1) is 5.41 Å². The highest BCUT2D eigenvalue weighted by Gasteiger charge is 2.47. The first kappa shape index (κ1) is 23.2. The van der Waals surface area contributed by atoms with Crippen LogP contribution in [-0.4, -0.2) is 0 Å². The third-order valence-corrected chi connectivity index (χ3v) is 9.39. The van der Waals surface area contributed by atoms with Crippen LogP contribution in [0.4, 0.5) is 0 Å². The van der Waals surface area contributed by atoms with Gasteiger partial charge in [0.1, 0.15) is 0 Å². The van der Waals surface area contributed by atoms with Crippen LogP contribution >= 0.6 is 0 Å². The molecule has 0 heteroatoms. The molecule has 0 radical (unpaired) electrons. The van der Waals surface area contributed by atoms with Crippen LogP contribution in [0.3, 0.4) is 0 Å². The predicted octanol–water partition coefficient (Wildman–Crippen LogP) is 10.0. The first-order chi connectivity index (χ1) is 19.6. The molecule has 0 atom stereocenters. The van der Waals surface area contributed by atoms with Gasteiger partial charge in [0.2, 0.25) is 0 Å². The maximum atomic E-state index is 2.51. The molecular formula is C40H30. The topological polar surface area (TPSA) is 0 Å². The lowest BCUT2D eigenvalue weighted by Gasteiger charge is -2.35. The lowest BCUT2D eigenvalue weighted by molar-refractivity contribution is 0.655. The highest BCUT2D eigenvalue weighted by Crippen LogP contribution is 2.58. The molecule has 6 aromatic carbocycles. The number of benzene rings is 6. The largest absolute Gasteiger partial charge is 0.0713 e. The summed E-state index contributed by atoms with van der Waals surface area (Å²) < 4.78 is 0. The molecule has 2 aliphatic carbocycles. The van der Waals surface area contributed by atoms with Crippen LogP contribution in [0, 0.1) is 0 Å². The smallest absolute Gasteiger partial charge is 0.0622 e. The summed E-state index contributed by atoms with van der Waals surface area (Å²) in [6.45, 7) is 4.75. The van der Waals surface area contributed by atoms with E-state index >= 15 is 0 Å². The third kappa shape index (κ3) is 3.02. The minimum Gasteiger partial charge on any atom is -0.0622 e. The van der Waals surface area contributed by atoms with E-state index in [1.165, 1.54) is 66.8 Å². The molecule has 0 heterocycles. The summed E-state index contributed by atoms with van der Waals surface area (Å²) in [5.41, 5.74) is 15.6. The summed E-state index contributed by atoms with van der Waals surface area (Å²) in [7, 11) is 0. The van der Waals surface area contributed by atoms with Crippen LogP contribution in [0.2, 0.25) is 0 Å². The molecular weight excluding hydrogens is 480 g/mol. The van der Waals surface area contributed by atoms with Gasteiger partial charge in [-0.05, 0) is 66.8 Å². The van der Waals surface area contributed by atoms with E-state index in [-0.39, 0.29) is 5.41 Å². The minimum absolute atomic E-state index is 0.0576. The maximum absolute atomic E-state index is 2.51. The van der Waals surface area contributed by atoms with Crippen molar-refractivity contribution < 1.29 is 0 Å². The predicted molar refractivity (Wildman–Crippen MR) is 167 cm³/mol. The van der Waals surface area contributed by atoms with Crippen LogP contribution in [0.15, 0.2) is 146 Å². The van der Waals surface area contributed by atoms with E-state index in [1.807, 2.05) is 0 Å². The third-order valence-electron chi connectivity index (χ3n) is 9.39. The van der Waals surface area contributed by atoms with Crippen LogP contribution in [0.25, 0.3) is 33.4 Å². The van der Waals surface area contributed by atoms with Crippen LogP contribution in [0.1, 0.15) is 47.2 Å². The number of hydrogen-bond donors (Lipinski definition) is 0. The van der Waals surface area contributed by atoms with Crippen molar-refractivity contribution >= 4 is 0 Å². The second kappa shape index (κ2) is 8.41. The van der Waals surface area contributed by atoms with Gasteiger partial charge in [0, 0.05) is 5.41 Å². The van der Waals surface area contributed by atoms with Gasteiger partial charge in [-0.2, -0.15) is 0 Å². The molecule has 0 fully saturated rings. The Labute approximate surface area is 236 Å². The molecule has 0 amide bonds. The van der Waals surface area contributed by atoms with E-state index in [2.05, 4.69) is 159 Å². The zero-order valence-electron chi connectivity index (χ0n) is 22.9. The van der Waals surface area contributed by atoms with Gasteiger partial charge < -0.3 is 0 Å². The Morgan fingerprint density at radius 2 is 0.800 bits per heavy atom. The molecule has 0 aromatic heterocycles. The molecule has 8 rings (SSSR count). The minimum atomic E-state index is -0.401. The van der Waals surface area contributed by atoms with Crippen molar-refractivity contribution in [3.63, 3.8) is 0 Å². The average molecular weight is 511 g/mol. The van der Waals surface area contributed by atoms with Gasteiger partial charge in [-0.25, -0.2) is 0 Å². The van der Waals surface area contributed by atoms with Crippen molar-refractivity contribution in [2.24, 2.45) is 0 Å². The average Bonchev–Trinajstić information content (AvgIpc) is 3.44. The van der Waals surface area contributed by atoms with E-state index in [4.69, 9.17) is 0 Å². The van der Waals surface area contributed by atoms with Crippen molar-refractivity contribution in [3.05, 3.63) is 179 Å². The van der Waals surface area contributed by atoms with E-state index in [1.54, 1.807) is 0 Å². The zero-order valence-corrected chi connectivity index (χ0v) is 22.9. The molecule has 2 aliphatic rings. The molecule has 0 bridgehead atoms. The summed E-state index contributed by atoms with van der Waals surface area (Å²) in [5.74, 6) is 0. The van der Waals surface area contributed by atoms with Crippen molar-refractivity contribution in [2.45, 2.75) is 24.7 Å². The maximum Gasteiger partial charge on any atom is 0.0713 e. The molecule has 0 saturated heterocycles. The van der Waals surface area contributed by atoms with Crippen molar-refractivity contribution in [3.8, 4) is 33.4 Å². The fourth-order valence-electron chi connectivity index (χ4n) is 7.50. The number of rotatable bonds is 3. The van der Waals surface area contributed by atoms with Crippen LogP contribution in [-0.2, 0) is 10.8 Å². The number of hydrogen-bond acceptors (Lipinski definition) is 0. The summed E-state index contributed by atoms with van der Waals surface area (Å²) in [6, 6.07) is 54.2. The lowest BCUT2D eigenvalue weighted by atomic mass is 9.66. The Morgan fingerprint density at radius 3 is 1.43 bits per heavy atom. The quantitative estimate of drug-likeness (QED) is 0.222. The van der Waals surface area contributed by atoms with Crippen molar-refractivity contribution in [1.82, 2.24) is 0 Å². The van der Waals surface area contributed by atoms with E-state index < -0.39 is 5.41 Å². The van der Waals surface area contributed by atoms with E-state index in [9.17, 15) is 0 Å². The highest BCUT2D eigenvalue weighted by molar-refractivity contribution is 5.88. The first-order valence-corrected chi connectivity index (χ1v) is 14.2. The van der Waals surface area contributed by atoms with Gasteiger partial charge in [-0.3, -0.25) is 0 Å². The molecule has 0 saturated carbocycles. The molecule has 0 spiro atoms. The Bertz CT molecular complexity index is 1860. The Morgan fingerprint density at radius 1 is 0.350 bits per heavy atom. The second-order valence-corrected chi connectivity index (χ2v) is 11.7. The molecule has 190 valence electrons. The first-order valence-electron chi connectivity index (χ1n) is 14.2. The summed E-state index contributed by atoms with van der Waals surface area (Å²) in [6.07, 6.45) is 0. The molecule has 0 nitrogen and oxygen atoms in total. The Kier molecular flexibility index (Phi) is 4.88. The summed E-state index contributed by atoms with van der Waals surface area (Å²) >= 11 is 0. The normalized spacial score (nSPS) is 15.2. The van der Waals surface area contributed by atoms with Gasteiger partial charge in [-0.1, -0.05) is 159 Å². The monoisotopic (exact) mass is 510 g/mol. The van der Waals surface area contributed by atoms with Crippen LogP contribution < -0.4 is 0 Å². The molecule has 0 aliphatic heterocycles. The Hall–Kier alpha value is -4.68. The fraction of sp³-hybridized carbons (Fsp3) is 0.100. The highest BCUT2D eigenvalue weighted by atomic mass is 14.5. The standard InChI is InChI=1S/C40H30/c1-39(2)35-17-9-6-14-31(35)34-25-24-30(26-38(34)39)40(29-22-20-28(21-23-29)27-12-4-3-5-13-27)36-18-10-7-15-32(36)33-16-8-11-19-37(33)40/h3-26H,1-2H3. The zero-order chi connectivity index (χ0) is 26.9. The Balaban J connectivity index is 1.42. The van der Waals surface area contributed by atoms with E-state index in [0.29, 0.717) is 0 Å².